The zero-order valence-corrected chi connectivity index (χ0v) is 13.2. The van der Waals surface area contributed by atoms with Gasteiger partial charge in [-0.3, -0.25) is 0 Å². The molecule has 0 bridgehead atoms. The molecule has 1 heterocycles. The molecule has 2 aromatic rings. The summed E-state index contributed by atoms with van der Waals surface area (Å²) in [6.07, 6.45) is 1.91. The quantitative estimate of drug-likeness (QED) is 0.820. The SMILES string of the molecule is CCNC(Cc1ccsc1)Cc1ccc(F)c(Br)c1. The largest absolute Gasteiger partial charge is 0.314 e. The molecule has 0 amide bonds. The lowest BCUT2D eigenvalue weighted by Gasteiger charge is -2.17. The number of likely N-dealkylation sites (N-methyl/N-ethyl adjacent to an activating group) is 1. The molecular formula is C15H17BrFNS. The fourth-order valence-corrected chi connectivity index (χ4v) is 3.26. The minimum absolute atomic E-state index is 0.207. The molecule has 0 saturated carbocycles. The maximum Gasteiger partial charge on any atom is 0.137 e. The lowest BCUT2D eigenvalue weighted by Crippen LogP contribution is -2.32. The van der Waals surface area contributed by atoms with Crippen molar-refractivity contribution in [1.82, 2.24) is 5.32 Å². The van der Waals surface area contributed by atoms with Crippen LogP contribution in [-0.4, -0.2) is 12.6 Å². The highest BCUT2D eigenvalue weighted by atomic mass is 79.9. The summed E-state index contributed by atoms with van der Waals surface area (Å²) in [5, 5.41) is 7.79. The molecule has 0 aliphatic heterocycles. The van der Waals surface area contributed by atoms with E-state index in [1.54, 1.807) is 11.3 Å². The number of nitrogens with one attached hydrogen (secondary N) is 1. The molecule has 0 saturated heterocycles. The van der Waals surface area contributed by atoms with Crippen molar-refractivity contribution in [2.45, 2.75) is 25.8 Å². The van der Waals surface area contributed by atoms with E-state index in [-0.39, 0.29) is 5.82 Å². The predicted molar refractivity (Wildman–Crippen MR) is 83.3 cm³/mol. The number of rotatable bonds is 6. The maximum atomic E-state index is 13.2. The van der Waals surface area contributed by atoms with Crippen molar-refractivity contribution in [1.29, 1.82) is 0 Å². The van der Waals surface area contributed by atoms with E-state index < -0.39 is 0 Å². The summed E-state index contributed by atoms with van der Waals surface area (Å²) in [4.78, 5) is 0. The second kappa shape index (κ2) is 7.17. The smallest absolute Gasteiger partial charge is 0.137 e. The Morgan fingerprint density at radius 3 is 2.68 bits per heavy atom. The van der Waals surface area contributed by atoms with E-state index >= 15 is 0 Å². The Balaban J connectivity index is 2.05. The van der Waals surface area contributed by atoms with Crippen LogP contribution in [-0.2, 0) is 12.8 Å². The first kappa shape index (κ1) is 14.7. The Morgan fingerprint density at radius 2 is 2.05 bits per heavy atom. The minimum atomic E-state index is -0.207. The predicted octanol–water partition coefficient (Wildman–Crippen LogP) is 4.41. The van der Waals surface area contributed by atoms with Gasteiger partial charge in [0.15, 0.2) is 0 Å². The third kappa shape index (κ3) is 4.41. The van der Waals surface area contributed by atoms with Gasteiger partial charge >= 0.3 is 0 Å². The zero-order chi connectivity index (χ0) is 13.7. The van der Waals surface area contributed by atoms with Crippen LogP contribution in [0.25, 0.3) is 0 Å². The topological polar surface area (TPSA) is 12.0 Å². The summed E-state index contributed by atoms with van der Waals surface area (Å²) in [6.45, 7) is 3.05. The first-order chi connectivity index (χ1) is 9.19. The minimum Gasteiger partial charge on any atom is -0.314 e. The highest BCUT2D eigenvalue weighted by Crippen LogP contribution is 2.19. The Bertz CT molecular complexity index is 513. The van der Waals surface area contributed by atoms with E-state index in [0.717, 1.165) is 24.9 Å². The van der Waals surface area contributed by atoms with Gasteiger partial charge in [-0.1, -0.05) is 13.0 Å². The molecule has 0 aliphatic rings. The number of halogens is 2. The standard InChI is InChI=1S/C15H17BrFNS/c1-2-18-13(8-12-5-6-19-10-12)7-11-3-4-15(17)14(16)9-11/h3-6,9-10,13,18H,2,7-8H2,1H3. The fourth-order valence-electron chi connectivity index (χ4n) is 2.15. The number of thiophene rings is 1. The molecule has 1 aromatic carbocycles. The average molecular weight is 342 g/mol. The first-order valence-corrected chi connectivity index (χ1v) is 8.11. The highest BCUT2D eigenvalue weighted by molar-refractivity contribution is 9.10. The van der Waals surface area contributed by atoms with Crippen molar-refractivity contribution in [3.63, 3.8) is 0 Å². The molecule has 0 radical (unpaired) electrons. The summed E-state index contributed by atoms with van der Waals surface area (Å²) < 4.78 is 13.8. The molecule has 4 heteroatoms. The summed E-state index contributed by atoms with van der Waals surface area (Å²) >= 11 is 4.97. The second-order valence-corrected chi connectivity index (χ2v) is 6.18. The van der Waals surface area contributed by atoms with Gasteiger partial charge in [-0.25, -0.2) is 4.39 Å². The van der Waals surface area contributed by atoms with Crippen molar-refractivity contribution in [3.05, 3.63) is 56.4 Å². The van der Waals surface area contributed by atoms with Crippen LogP contribution in [0, 0.1) is 5.82 Å². The summed E-state index contributed by atoms with van der Waals surface area (Å²) in [7, 11) is 0. The first-order valence-electron chi connectivity index (χ1n) is 6.37. The second-order valence-electron chi connectivity index (χ2n) is 4.54. The molecule has 19 heavy (non-hydrogen) atoms. The summed E-state index contributed by atoms with van der Waals surface area (Å²) in [5.74, 6) is -0.207. The molecule has 102 valence electrons. The van der Waals surface area contributed by atoms with E-state index in [0.29, 0.717) is 10.5 Å². The van der Waals surface area contributed by atoms with E-state index in [1.165, 1.54) is 11.6 Å². The van der Waals surface area contributed by atoms with Gasteiger partial charge in [0, 0.05) is 6.04 Å². The van der Waals surface area contributed by atoms with E-state index in [1.807, 2.05) is 12.1 Å². The van der Waals surface area contributed by atoms with Crippen LogP contribution in [0.3, 0.4) is 0 Å². The molecule has 0 spiro atoms. The molecular weight excluding hydrogens is 325 g/mol. The monoisotopic (exact) mass is 341 g/mol. The van der Waals surface area contributed by atoms with Gasteiger partial charge < -0.3 is 5.32 Å². The third-order valence-corrected chi connectivity index (χ3v) is 4.36. The van der Waals surface area contributed by atoms with Gasteiger partial charge in [-0.05, 0) is 75.4 Å². The van der Waals surface area contributed by atoms with E-state index in [9.17, 15) is 4.39 Å². The van der Waals surface area contributed by atoms with Crippen LogP contribution in [0.1, 0.15) is 18.1 Å². The molecule has 0 fully saturated rings. The molecule has 1 N–H and O–H groups in total. The van der Waals surface area contributed by atoms with E-state index in [2.05, 4.69) is 45.0 Å². The van der Waals surface area contributed by atoms with Crippen LogP contribution in [0.4, 0.5) is 4.39 Å². The van der Waals surface area contributed by atoms with Crippen LogP contribution >= 0.6 is 27.3 Å². The van der Waals surface area contributed by atoms with Crippen molar-refractivity contribution >= 4 is 27.3 Å². The van der Waals surface area contributed by atoms with Gasteiger partial charge in [0.05, 0.1) is 4.47 Å². The van der Waals surface area contributed by atoms with Gasteiger partial charge in [-0.15, -0.1) is 0 Å². The fraction of sp³-hybridized carbons (Fsp3) is 0.333. The Hall–Kier alpha value is -0.710. The summed E-state index contributed by atoms with van der Waals surface area (Å²) in [6, 6.07) is 7.80. The van der Waals surface area contributed by atoms with Crippen LogP contribution in [0.15, 0.2) is 39.5 Å². The lowest BCUT2D eigenvalue weighted by atomic mass is 10.0. The lowest BCUT2D eigenvalue weighted by molar-refractivity contribution is 0.521. The number of benzene rings is 1. The van der Waals surface area contributed by atoms with Crippen molar-refractivity contribution in [2.75, 3.05) is 6.54 Å². The normalized spacial score (nSPS) is 12.6. The average Bonchev–Trinajstić information content (AvgIpc) is 2.87. The Morgan fingerprint density at radius 1 is 1.26 bits per heavy atom. The van der Waals surface area contributed by atoms with Gasteiger partial charge in [0.2, 0.25) is 0 Å². The zero-order valence-electron chi connectivity index (χ0n) is 10.8. The van der Waals surface area contributed by atoms with Crippen LogP contribution < -0.4 is 5.32 Å². The van der Waals surface area contributed by atoms with Crippen molar-refractivity contribution in [3.8, 4) is 0 Å². The van der Waals surface area contributed by atoms with Gasteiger partial charge in [0.1, 0.15) is 5.82 Å². The Kier molecular flexibility index (Phi) is 5.55. The molecule has 1 aromatic heterocycles. The van der Waals surface area contributed by atoms with E-state index in [4.69, 9.17) is 0 Å². The third-order valence-electron chi connectivity index (χ3n) is 3.02. The van der Waals surface area contributed by atoms with Crippen LogP contribution in [0.2, 0.25) is 0 Å². The number of hydrogen-bond acceptors (Lipinski definition) is 2. The molecule has 1 nitrogen and oxygen atoms in total. The molecule has 1 atom stereocenters. The molecule has 2 rings (SSSR count). The molecule has 0 aliphatic carbocycles. The van der Waals surface area contributed by atoms with Crippen molar-refractivity contribution in [2.24, 2.45) is 0 Å². The van der Waals surface area contributed by atoms with Gasteiger partial charge in [0.25, 0.3) is 0 Å². The van der Waals surface area contributed by atoms with Crippen LogP contribution in [0.5, 0.6) is 0 Å². The summed E-state index contributed by atoms with van der Waals surface area (Å²) in [5.41, 5.74) is 2.51. The highest BCUT2D eigenvalue weighted by Gasteiger charge is 2.11. The van der Waals surface area contributed by atoms with Crippen molar-refractivity contribution < 1.29 is 4.39 Å². The number of hydrogen-bond donors (Lipinski definition) is 1. The van der Waals surface area contributed by atoms with Gasteiger partial charge in [-0.2, -0.15) is 11.3 Å². The Labute approximate surface area is 126 Å². The molecule has 1 unspecified atom stereocenters. The maximum absolute atomic E-state index is 13.2.